The number of nitrogens with zero attached hydrogens (tertiary/aromatic N) is 1. The molecule has 0 saturated carbocycles. The van der Waals surface area contributed by atoms with Crippen molar-refractivity contribution in [2.24, 2.45) is 0 Å². The van der Waals surface area contributed by atoms with Crippen LogP contribution in [0.2, 0.25) is 0 Å². The molecule has 0 radical (unpaired) electrons. The highest BCUT2D eigenvalue weighted by atomic mass is 19.1. The van der Waals surface area contributed by atoms with Gasteiger partial charge >= 0.3 is 0 Å². The minimum Gasteiger partial charge on any atom is -0.348 e. The predicted octanol–water partition coefficient (Wildman–Crippen LogP) is 2.59. The van der Waals surface area contributed by atoms with Crippen LogP contribution in [0.3, 0.4) is 0 Å². The lowest BCUT2D eigenvalue weighted by Gasteiger charge is -2.23. The maximum atomic E-state index is 13.1. The summed E-state index contributed by atoms with van der Waals surface area (Å²) in [5.41, 5.74) is 0.995. The SMILES string of the molecule is CCN(CC)CC(C)NC(=O)c1ccc(F)c(C)c1. The van der Waals surface area contributed by atoms with Gasteiger partial charge in [-0.2, -0.15) is 0 Å². The Morgan fingerprint density at radius 2 is 2.00 bits per heavy atom. The van der Waals surface area contributed by atoms with Gasteiger partial charge in [-0.1, -0.05) is 13.8 Å². The summed E-state index contributed by atoms with van der Waals surface area (Å²) in [6.07, 6.45) is 0. The molecule has 1 amide bonds. The van der Waals surface area contributed by atoms with Crippen molar-refractivity contribution in [3.8, 4) is 0 Å². The topological polar surface area (TPSA) is 32.3 Å². The molecule has 0 bridgehead atoms. The van der Waals surface area contributed by atoms with Crippen LogP contribution in [0.5, 0.6) is 0 Å². The lowest BCUT2D eigenvalue weighted by molar-refractivity contribution is 0.0930. The Bertz CT molecular complexity index is 430. The van der Waals surface area contributed by atoms with Crippen molar-refractivity contribution >= 4 is 5.91 Å². The van der Waals surface area contributed by atoms with E-state index in [1.165, 1.54) is 12.1 Å². The molecule has 0 saturated heterocycles. The van der Waals surface area contributed by atoms with Crippen molar-refractivity contribution in [3.63, 3.8) is 0 Å². The van der Waals surface area contributed by atoms with E-state index in [2.05, 4.69) is 24.1 Å². The van der Waals surface area contributed by atoms with Gasteiger partial charge in [0.05, 0.1) is 0 Å². The van der Waals surface area contributed by atoms with Gasteiger partial charge in [0.1, 0.15) is 5.82 Å². The van der Waals surface area contributed by atoms with Crippen LogP contribution in [0.25, 0.3) is 0 Å². The number of rotatable bonds is 6. The zero-order chi connectivity index (χ0) is 14.4. The molecule has 4 heteroatoms. The number of hydrogen-bond donors (Lipinski definition) is 1. The third kappa shape index (κ3) is 4.63. The summed E-state index contributed by atoms with van der Waals surface area (Å²) >= 11 is 0. The fraction of sp³-hybridized carbons (Fsp3) is 0.533. The van der Waals surface area contributed by atoms with Gasteiger partial charge in [-0.3, -0.25) is 4.79 Å². The molecule has 1 atom stereocenters. The third-order valence-corrected chi connectivity index (χ3v) is 3.22. The fourth-order valence-electron chi connectivity index (χ4n) is 2.01. The number of nitrogens with one attached hydrogen (secondary N) is 1. The first-order chi connectivity index (χ1) is 8.97. The number of halogens is 1. The monoisotopic (exact) mass is 266 g/mol. The van der Waals surface area contributed by atoms with Crippen molar-refractivity contribution in [2.75, 3.05) is 19.6 Å². The van der Waals surface area contributed by atoms with Crippen LogP contribution in [-0.2, 0) is 0 Å². The summed E-state index contributed by atoms with van der Waals surface area (Å²) in [6, 6.07) is 4.49. The van der Waals surface area contributed by atoms with Gasteiger partial charge < -0.3 is 10.2 Å². The number of benzene rings is 1. The van der Waals surface area contributed by atoms with Crippen LogP contribution in [0.15, 0.2) is 18.2 Å². The molecule has 0 fully saturated rings. The molecule has 1 rings (SSSR count). The molecule has 0 aromatic heterocycles. The largest absolute Gasteiger partial charge is 0.348 e. The quantitative estimate of drug-likeness (QED) is 0.858. The van der Waals surface area contributed by atoms with Gasteiger partial charge in [0.15, 0.2) is 0 Å². The zero-order valence-corrected chi connectivity index (χ0v) is 12.2. The highest BCUT2D eigenvalue weighted by molar-refractivity contribution is 5.94. The number of hydrogen-bond acceptors (Lipinski definition) is 2. The normalized spacial score (nSPS) is 12.5. The summed E-state index contributed by atoms with van der Waals surface area (Å²) in [7, 11) is 0. The maximum absolute atomic E-state index is 13.1. The molecule has 1 unspecified atom stereocenters. The van der Waals surface area contributed by atoms with Crippen LogP contribution in [0.4, 0.5) is 4.39 Å². The molecule has 0 aliphatic rings. The van der Waals surface area contributed by atoms with E-state index in [4.69, 9.17) is 0 Å². The van der Waals surface area contributed by atoms with Gasteiger partial charge in [0.2, 0.25) is 0 Å². The van der Waals surface area contributed by atoms with E-state index in [1.54, 1.807) is 13.0 Å². The van der Waals surface area contributed by atoms with E-state index in [1.807, 2.05) is 6.92 Å². The second-order valence-corrected chi connectivity index (χ2v) is 4.82. The van der Waals surface area contributed by atoms with E-state index in [0.717, 1.165) is 19.6 Å². The maximum Gasteiger partial charge on any atom is 0.251 e. The predicted molar refractivity (Wildman–Crippen MR) is 75.9 cm³/mol. The number of likely N-dealkylation sites (N-methyl/N-ethyl adjacent to an activating group) is 1. The van der Waals surface area contributed by atoms with Crippen LogP contribution >= 0.6 is 0 Å². The minimum atomic E-state index is -0.285. The van der Waals surface area contributed by atoms with Crippen molar-refractivity contribution in [2.45, 2.75) is 33.7 Å². The minimum absolute atomic E-state index is 0.0674. The first kappa shape index (κ1) is 15.6. The standard InChI is InChI=1S/C15H23FN2O/c1-5-18(6-2)10-12(4)17-15(19)13-7-8-14(16)11(3)9-13/h7-9,12H,5-6,10H2,1-4H3,(H,17,19). The number of carbonyl (C=O) groups excluding carboxylic acids is 1. The Morgan fingerprint density at radius 3 is 2.53 bits per heavy atom. The Hall–Kier alpha value is -1.42. The first-order valence-electron chi connectivity index (χ1n) is 6.77. The average Bonchev–Trinajstić information content (AvgIpc) is 2.38. The molecule has 0 heterocycles. The van der Waals surface area contributed by atoms with E-state index in [-0.39, 0.29) is 17.8 Å². The first-order valence-corrected chi connectivity index (χ1v) is 6.77. The summed E-state index contributed by atoms with van der Waals surface area (Å²) < 4.78 is 13.1. The Labute approximate surface area is 114 Å². The third-order valence-electron chi connectivity index (χ3n) is 3.22. The van der Waals surface area contributed by atoms with Crippen molar-refractivity contribution in [3.05, 3.63) is 35.1 Å². The molecule has 3 nitrogen and oxygen atoms in total. The molecule has 1 aromatic rings. The van der Waals surface area contributed by atoms with Crippen molar-refractivity contribution in [1.29, 1.82) is 0 Å². The molecule has 0 aliphatic carbocycles. The Morgan fingerprint density at radius 1 is 1.37 bits per heavy atom. The Kier molecular flexibility index (Phi) is 5.96. The van der Waals surface area contributed by atoms with Gasteiger partial charge in [-0.05, 0) is 50.7 Å². The zero-order valence-electron chi connectivity index (χ0n) is 12.2. The molecule has 1 aromatic carbocycles. The van der Waals surface area contributed by atoms with Crippen molar-refractivity contribution < 1.29 is 9.18 Å². The molecule has 19 heavy (non-hydrogen) atoms. The molecule has 1 N–H and O–H groups in total. The Balaban J connectivity index is 2.61. The van der Waals surface area contributed by atoms with Gasteiger partial charge in [0, 0.05) is 18.2 Å². The summed E-state index contributed by atoms with van der Waals surface area (Å²) in [5, 5.41) is 2.94. The summed E-state index contributed by atoms with van der Waals surface area (Å²) in [6.45, 7) is 10.6. The van der Waals surface area contributed by atoms with E-state index < -0.39 is 0 Å². The van der Waals surface area contributed by atoms with Gasteiger partial charge in [0.25, 0.3) is 5.91 Å². The molecular formula is C15H23FN2O. The van der Waals surface area contributed by atoms with Crippen LogP contribution < -0.4 is 5.32 Å². The lowest BCUT2D eigenvalue weighted by atomic mass is 10.1. The van der Waals surface area contributed by atoms with Gasteiger partial charge in [-0.25, -0.2) is 4.39 Å². The number of aryl methyl sites for hydroxylation is 1. The van der Waals surface area contributed by atoms with Gasteiger partial charge in [-0.15, -0.1) is 0 Å². The van der Waals surface area contributed by atoms with E-state index in [9.17, 15) is 9.18 Å². The molecule has 0 spiro atoms. The number of amides is 1. The summed E-state index contributed by atoms with van der Waals surface area (Å²) in [5.74, 6) is -0.435. The smallest absolute Gasteiger partial charge is 0.251 e. The summed E-state index contributed by atoms with van der Waals surface area (Å²) in [4.78, 5) is 14.3. The van der Waals surface area contributed by atoms with E-state index >= 15 is 0 Å². The molecular weight excluding hydrogens is 243 g/mol. The highest BCUT2D eigenvalue weighted by Crippen LogP contribution is 2.09. The van der Waals surface area contributed by atoms with E-state index in [0.29, 0.717) is 11.1 Å². The fourth-order valence-corrected chi connectivity index (χ4v) is 2.01. The van der Waals surface area contributed by atoms with Crippen LogP contribution in [0, 0.1) is 12.7 Å². The molecule has 0 aliphatic heterocycles. The lowest BCUT2D eigenvalue weighted by Crippen LogP contribution is -2.41. The second-order valence-electron chi connectivity index (χ2n) is 4.82. The van der Waals surface area contributed by atoms with Crippen LogP contribution in [0.1, 0.15) is 36.7 Å². The average molecular weight is 266 g/mol. The number of carbonyl (C=O) groups is 1. The van der Waals surface area contributed by atoms with Crippen LogP contribution in [-0.4, -0.2) is 36.5 Å². The molecule has 106 valence electrons. The second kappa shape index (κ2) is 7.24. The highest BCUT2D eigenvalue weighted by Gasteiger charge is 2.12. The van der Waals surface area contributed by atoms with Crippen molar-refractivity contribution in [1.82, 2.24) is 10.2 Å².